The third-order valence-corrected chi connectivity index (χ3v) is 3.26. The number of carbonyl (C=O) groups excluding carboxylic acids is 1. The van der Waals surface area contributed by atoms with E-state index in [9.17, 15) is 14.7 Å². The molecule has 110 valence electrons. The molecule has 0 heterocycles. The van der Waals surface area contributed by atoms with Crippen molar-refractivity contribution < 1.29 is 19.4 Å². The Balaban J connectivity index is 2.34. The highest BCUT2D eigenvalue weighted by atomic mass is 16.5. The van der Waals surface area contributed by atoms with Gasteiger partial charge in [0.2, 0.25) is 0 Å². The average molecular weight is 286 g/mol. The van der Waals surface area contributed by atoms with Gasteiger partial charge in [-0.3, -0.25) is 0 Å². The van der Waals surface area contributed by atoms with Crippen LogP contribution in [0.1, 0.15) is 41.0 Å². The van der Waals surface area contributed by atoms with Crippen LogP contribution in [0.25, 0.3) is 10.8 Å². The average Bonchev–Trinajstić information content (AvgIpc) is 2.45. The topological polar surface area (TPSA) is 63.6 Å². The summed E-state index contributed by atoms with van der Waals surface area (Å²) in [6, 6.07) is 10.4. The van der Waals surface area contributed by atoms with E-state index in [1.54, 1.807) is 6.07 Å². The first-order valence-corrected chi connectivity index (χ1v) is 6.92. The Kier molecular flexibility index (Phi) is 4.58. The second-order valence-electron chi connectivity index (χ2n) is 5.37. The molecule has 0 atom stereocenters. The lowest BCUT2D eigenvalue weighted by atomic mass is 10.0. The lowest BCUT2D eigenvalue weighted by Gasteiger charge is -2.10. The molecule has 0 aliphatic rings. The number of ether oxygens (including phenoxy) is 1. The Bertz CT molecular complexity index is 674. The molecule has 0 saturated carbocycles. The summed E-state index contributed by atoms with van der Waals surface area (Å²) >= 11 is 0. The number of hydrogen-bond acceptors (Lipinski definition) is 3. The van der Waals surface area contributed by atoms with E-state index in [1.807, 2.05) is 38.1 Å². The van der Waals surface area contributed by atoms with Gasteiger partial charge < -0.3 is 9.84 Å². The molecular formula is C17H18O4. The number of esters is 1. The summed E-state index contributed by atoms with van der Waals surface area (Å²) in [7, 11) is 0. The Morgan fingerprint density at radius 2 is 1.67 bits per heavy atom. The number of carbonyl (C=O) groups is 2. The van der Waals surface area contributed by atoms with Crippen LogP contribution in [0.15, 0.2) is 36.4 Å². The number of carboxylic acid groups (broad SMARTS) is 1. The lowest BCUT2D eigenvalue weighted by Crippen LogP contribution is -2.13. The summed E-state index contributed by atoms with van der Waals surface area (Å²) in [6.45, 7) is 4.36. The fourth-order valence-corrected chi connectivity index (χ4v) is 2.05. The second kappa shape index (κ2) is 6.39. The molecular weight excluding hydrogens is 268 g/mol. The van der Waals surface area contributed by atoms with Crippen LogP contribution in [0.4, 0.5) is 0 Å². The van der Waals surface area contributed by atoms with Gasteiger partial charge in [-0.15, -0.1) is 0 Å². The fourth-order valence-electron chi connectivity index (χ4n) is 2.05. The van der Waals surface area contributed by atoms with E-state index < -0.39 is 11.9 Å². The first kappa shape index (κ1) is 15.0. The minimum absolute atomic E-state index is 0.0248. The number of hydrogen-bond donors (Lipinski definition) is 1. The maximum Gasteiger partial charge on any atom is 0.339 e. The van der Waals surface area contributed by atoms with Gasteiger partial charge in [-0.25, -0.2) is 9.59 Å². The Morgan fingerprint density at radius 1 is 1.10 bits per heavy atom. The molecule has 2 aromatic rings. The van der Waals surface area contributed by atoms with Crippen LogP contribution >= 0.6 is 0 Å². The Labute approximate surface area is 123 Å². The van der Waals surface area contributed by atoms with Crippen molar-refractivity contribution in [2.24, 2.45) is 5.92 Å². The zero-order chi connectivity index (χ0) is 15.4. The molecule has 0 saturated heterocycles. The van der Waals surface area contributed by atoms with Crippen molar-refractivity contribution in [3.8, 4) is 0 Å². The van der Waals surface area contributed by atoms with Crippen LogP contribution in [0.3, 0.4) is 0 Å². The van der Waals surface area contributed by atoms with E-state index in [4.69, 9.17) is 4.74 Å². The molecule has 0 radical (unpaired) electrons. The predicted molar refractivity (Wildman–Crippen MR) is 80.6 cm³/mol. The van der Waals surface area contributed by atoms with E-state index in [1.165, 1.54) is 6.07 Å². The van der Waals surface area contributed by atoms with Gasteiger partial charge in [0.15, 0.2) is 0 Å². The fraction of sp³-hybridized carbons (Fsp3) is 0.294. The Hall–Kier alpha value is -2.36. The standard InChI is InChI=1S/C17H18O4/c1-11(2)7-8-21-17(20)15-10-13-6-4-3-5-12(13)9-14(15)16(18)19/h3-6,9-11H,7-8H2,1-2H3,(H,18,19). The van der Waals surface area contributed by atoms with Gasteiger partial charge in [0.05, 0.1) is 17.7 Å². The van der Waals surface area contributed by atoms with Crippen molar-refractivity contribution in [2.45, 2.75) is 20.3 Å². The van der Waals surface area contributed by atoms with E-state index >= 15 is 0 Å². The van der Waals surface area contributed by atoms with Gasteiger partial charge in [-0.05, 0) is 35.2 Å². The highest BCUT2D eigenvalue weighted by Gasteiger charge is 2.19. The van der Waals surface area contributed by atoms with Crippen LogP contribution in [0, 0.1) is 5.92 Å². The molecule has 2 aromatic carbocycles. The van der Waals surface area contributed by atoms with E-state index in [2.05, 4.69) is 0 Å². The molecule has 0 fully saturated rings. The molecule has 0 aliphatic heterocycles. The van der Waals surface area contributed by atoms with Crippen LogP contribution in [0.2, 0.25) is 0 Å². The van der Waals surface area contributed by atoms with Gasteiger partial charge >= 0.3 is 11.9 Å². The molecule has 4 nitrogen and oxygen atoms in total. The zero-order valence-corrected chi connectivity index (χ0v) is 12.1. The minimum Gasteiger partial charge on any atom is -0.478 e. The summed E-state index contributed by atoms with van der Waals surface area (Å²) < 4.78 is 5.18. The van der Waals surface area contributed by atoms with E-state index in [0.717, 1.165) is 17.2 Å². The van der Waals surface area contributed by atoms with Gasteiger partial charge in [0.1, 0.15) is 0 Å². The maximum atomic E-state index is 12.1. The molecule has 2 rings (SSSR count). The summed E-state index contributed by atoms with van der Waals surface area (Å²) in [5.74, 6) is -1.29. The zero-order valence-electron chi connectivity index (χ0n) is 12.1. The highest BCUT2D eigenvalue weighted by Crippen LogP contribution is 2.21. The lowest BCUT2D eigenvalue weighted by molar-refractivity contribution is 0.0478. The van der Waals surface area contributed by atoms with Crippen molar-refractivity contribution in [3.63, 3.8) is 0 Å². The van der Waals surface area contributed by atoms with E-state index in [0.29, 0.717) is 12.5 Å². The monoisotopic (exact) mass is 286 g/mol. The predicted octanol–water partition coefficient (Wildman–Crippen LogP) is 3.74. The summed E-state index contributed by atoms with van der Waals surface area (Å²) in [5.41, 5.74) is 0.0770. The number of benzene rings is 2. The molecule has 1 N–H and O–H groups in total. The molecule has 0 aromatic heterocycles. The number of rotatable bonds is 5. The third kappa shape index (κ3) is 3.60. The van der Waals surface area contributed by atoms with Crippen LogP contribution < -0.4 is 0 Å². The van der Waals surface area contributed by atoms with Crippen LogP contribution in [-0.2, 0) is 4.74 Å². The Morgan fingerprint density at radius 3 is 2.19 bits per heavy atom. The third-order valence-electron chi connectivity index (χ3n) is 3.26. The van der Waals surface area contributed by atoms with Gasteiger partial charge in [0, 0.05) is 0 Å². The van der Waals surface area contributed by atoms with Gasteiger partial charge in [0.25, 0.3) is 0 Å². The first-order valence-electron chi connectivity index (χ1n) is 6.92. The molecule has 0 bridgehead atoms. The quantitative estimate of drug-likeness (QED) is 0.850. The summed E-state index contributed by atoms with van der Waals surface area (Å²) in [4.78, 5) is 23.5. The smallest absolute Gasteiger partial charge is 0.339 e. The normalized spacial score (nSPS) is 10.8. The van der Waals surface area contributed by atoms with E-state index in [-0.39, 0.29) is 11.1 Å². The molecule has 4 heteroatoms. The summed E-state index contributed by atoms with van der Waals surface area (Å²) in [6.07, 6.45) is 0.752. The minimum atomic E-state index is -1.13. The molecule has 0 aliphatic carbocycles. The highest BCUT2D eigenvalue weighted by molar-refractivity contribution is 6.06. The largest absolute Gasteiger partial charge is 0.478 e. The van der Waals surface area contributed by atoms with Gasteiger partial charge in [-0.1, -0.05) is 38.1 Å². The number of aromatic carboxylic acids is 1. The van der Waals surface area contributed by atoms with Crippen molar-refractivity contribution in [3.05, 3.63) is 47.5 Å². The second-order valence-corrected chi connectivity index (χ2v) is 5.37. The maximum absolute atomic E-state index is 12.1. The van der Waals surface area contributed by atoms with Crippen molar-refractivity contribution >= 4 is 22.7 Å². The summed E-state index contributed by atoms with van der Waals surface area (Å²) in [5, 5.41) is 10.9. The molecule has 21 heavy (non-hydrogen) atoms. The van der Waals surface area contributed by atoms with Gasteiger partial charge in [-0.2, -0.15) is 0 Å². The van der Waals surface area contributed by atoms with Crippen LogP contribution in [-0.4, -0.2) is 23.7 Å². The SMILES string of the molecule is CC(C)CCOC(=O)c1cc2ccccc2cc1C(=O)O. The number of carboxylic acids is 1. The first-order chi connectivity index (χ1) is 9.99. The van der Waals surface area contributed by atoms with Crippen molar-refractivity contribution in [2.75, 3.05) is 6.61 Å². The van der Waals surface area contributed by atoms with Crippen molar-refractivity contribution in [1.29, 1.82) is 0 Å². The van der Waals surface area contributed by atoms with Crippen LogP contribution in [0.5, 0.6) is 0 Å². The molecule has 0 amide bonds. The molecule has 0 spiro atoms. The van der Waals surface area contributed by atoms with Crippen molar-refractivity contribution in [1.82, 2.24) is 0 Å². The number of fused-ring (bicyclic) bond motifs is 1. The molecule has 0 unspecified atom stereocenters.